The normalized spacial score (nSPS) is 24.2. The van der Waals surface area contributed by atoms with E-state index < -0.39 is 11.7 Å². The molecule has 1 fully saturated rings. The van der Waals surface area contributed by atoms with Crippen LogP contribution in [0.3, 0.4) is 0 Å². The van der Waals surface area contributed by atoms with E-state index in [0.717, 1.165) is 13.1 Å². The van der Waals surface area contributed by atoms with Crippen molar-refractivity contribution in [3.63, 3.8) is 0 Å². The lowest BCUT2D eigenvalue weighted by molar-refractivity contribution is -0.146. The zero-order valence-electron chi connectivity index (χ0n) is 12.1. The number of hydrogen-bond donors (Lipinski definition) is 2. The van der Waals surface area contributed by atoms with Crippen molar-refractivity contribution < 1.29 is 19.1 Å². The first kappa shape index (κ1) is 15.8. The number of alkyl carbamates (subject to hydrolysis) is 1. The first-order valence-corrected chi connectivity index (χ1v) is 6.61. The molecule has 0 aromatic rings. The molecule has 0 saturated carbocycles. The molecule has 2 N–H and O–H groups in total. The molecule has 1 heterocycles. The summed E-state index contributed by atoms with van der Waals surface area (Å²) in [6, 6.07) is -0.253. The minimum Gasteiger partial charge on any atom is -0.469 e. The fraction of sp³-hybridized carbons (Fsp3) is 0.846. The van der Waals surface area contributed by atoms with Gasteiger partial charge in [0.15, 0.2) is 0 Å². The minimum atomic E-state index is -0.548. The quantitative estimate of drug-likeness (QED) is 0.735. The van der Waals surface area contributed by atoms with E-state index in [9.17, 15) is 9.59 Å². The molecule has 2 atom stereocenters. The van der Waals surface area contributed by atoms with E-state index in [1.165, 1.54) is 7.11 Å². The van der Waals surface area contributed by atoms with Gasteiger partial charge in [0.05, 0.1) is 13.0 Å². The number of hydrogen-bond acceptors (Lipinski definition) is 5. The molecule has 0 aromatic heterocycles. The summed E-state index contributed by atoms with van der Waals surface area (Å²) in [5, 5.41) is 5.99. The Labute approximate surface area is 114 Å². The lowest BCUT2D eigenvalue weighted by atomic mass is 9.95. The second-order valence-corrected chi connectivity index (χ2v) is 5.71. The molecule has 0 radical (unpaired) electrons. The minimum absolute atomic E-state index is 0.253. The van der Waals surface area contributed by atoms with Crippen LogP contribution in [-0.2, 0) is 14.3 Å². The topological polar surface area (TPSA) is 76.7 Å². The number of ether oxygens (including phenoxy) is 2. The van der Waals surface area contributed by atoms with E-state index in [0.29, 0.717) is 12.8 Å². The third-order valence-corrected chi connectivity index (χ3v) is 2.96. The van der Waals surface area contributed by atoms with Gasteiger partial charge < -0.3 is 20.1 Å². The van der Waals surface area contributed by atoms with Gasteiger partial charge >= 0.3 is 12.1 Å². The number of carbonyl (C=O) groups excluding carboxylic acids is 2. The Morgan fingerprint density at radius 1 is 1.21 bits per heavy atom. The van der Waals surface area contributed by atoms with Crippen molar-refractivity contribution in [2.24, 2.45) is 5.92 Å². The SMILES string of the molecule is COC(=O)[C@H]1CCNCC[C@H]1NC(=O)OC(C)(C)C. The van der Waals surface area contributed by atoms with Crippen LogP contribution in [0.4, 0.5) is 4.79 Å². The molecule has 1 saturated heterocycles. The predicted octanol–water partition coefficient (Wildman–Crippen LogP) is 1.05. The summed E-state index contributed by atoms with van der Waals surface area (Å²) in [5.41, 5.74) is -0.548. The maximum Gasteiger partial charge on any atom is 0.407 e. The molecule has 0 aromatic carbocycles. The van der Waals surface area contributed by atoms with E-state index in [4.69, 9.17) is 9.47 Å². The van der Waals surface area contributed by atoms with E-state index in [1.54, 1.807) is 20.8 Å². The highest BCUT2D eigenvalue weighted by atomic mass is 16.6. The summed E-state index contributed by atoms with van der Waals surface area (Å²) in [6.45, 7) is 6.91. The molecule has 1 aliphatic rings. The van der Waals surface area contributed by atoms with Crippen LogP contribution in [0, 0.1) is 5.92 Å². The van der Waals surface area contributed by atoms with Crippen LogP contribution < -0.4 is 10.6 Å². The molecule has 1 rings (SSSR count). The number of esters is 1. The Hall–Kier alpha value is -1.30. The van der Waals surface area contributed by atoms with Gasteiger partial charge in [-0.25, -0.2) is 4.79 Å². The lowest BCUT2D eigenvalue weighted by Crippen LogP contribution is -2.45. The molecule has 0 spiro atoms. The molecule has 6 heteroatoms. The first-order chi connectivity index (χ1) is 8.83. The number of amides is 1. The van der Waals surface area contributed by atoms with Crippen LogP contribution in [0.5, 0.6) is 0 Å². The molecule has 0 bridgehead atoms. The molecular formula is C13H24N2O4. The van der Waals surface area contributed by atoms with Gasteiger partial charge in [0, 0.05) is 6.04 Å². The van der Waals surface area contributed by atoms with Crippen molar-refractivity contribution in [2.75, 3.05) is 20.2 Å². The van der Waals surface area contributed by atoms with Crippen molar-refractivity contribution in [1.29, 1.82) is 0 Å². The Balaban J connectivity index is 2.65. The van der Waals surface area contributed by atoms with Gasteiger partial charge in [-0.15, -0.1) is 0 Å². The summed E-state index contributed by atoms with van der Waals surface area (Å²) in [4.78, 5) is 23.5. The summed E-state index contributed by atoms with van der Waals surface area (Å²) < 4.78 is 10.0. The van der Waals surface area contributed by atoms with Gasteiger partial charge in [-0.1, -0.05) is 0 Å². The zero-order valence-corrected chi connectivity index (χ0v) is 12.1. The molecule has 0 aliphatic carbocycles. The highest BCUT2D eigenvalue weighted by Crippen LogP contribution is 2.17. The van der Waals surface area contributed by atoms with Gasteiger partial charge in [-0.3, -0.25) is 4.79 Å². The van der Waals surface area contributed by atoms with Crippen LogP contribution >= 0.6 is 0 Å². The van der Waals surface area contributed by atoms with Gasteiger partial charge in [0.2, 0.25) is 0 Å². The lowest BCUT2D eigenvalue weighted by Gasteiger charge is -2.26. The fourth-order valence-corrected chi connectivity index (χ4v) is 2.11. The van der Waals surface area contributed by atoms with E-state index in [1.807, 2.05) is 0 Å². The average Bonchev–Trinajstić information content (AvgIpc) is 2.51. The number of nitrogens with one attached hydrogen (secondary N) is 2. The fourth-order valence-electron chi connectivity index (χ4n) is 2.11. The monoisotopic (exact) mass is 272 g/mol. The molecular weight excluding hydrogens is 248 g/mol. The van der Waals surface area contributed by atoms with E-state index in [-0.39, 0.29) is 17.9 Å². The van der Waals surface area contributed by atoms with Crippen molar-refractivity contribution in [2.45, 2.75) is 45.3 Å². The molecule has 110 valence electrons. The standard InChI is InChI=1S/C13H24N2O4/c1-13(2,3)19-12(17)15-10-6-8-14-7-5-9(10)11(16)18-4/h9-10,14H,5-8H2,1-4H3,(H,15,17)/t9-,10+/m0/s1. The Morgan fingerprint density at radius 3 is 2.42 bits per heavy atom. The highest BCUT2D eigenvalue weighted by Gasteiger charge is 2.32. The highest BCUT2D eigenvalue weighted by molar-refractivity contribution is 5.75. The first-order valence-electron chi connectivity index (χ1n) is 6.61. The molecule has 1 amide bonds. The molecule has 1 aliphatic heterocycles. The second-order valence-electron chi connectivity index (χ2n) is 5.71. The zero-order chi connectivity index (χ0) is 14.5. The van der Waals surface area contributed by atoms with Crippen molar-refractivity contribution in [1.82, 2.24) is 10.6 Å². The molecule has 19 heavy (non-hydrogen) atoms. The van der Waals surface area contributed by atoms with Crippen LogP contribution in [0.2, 0.25) is 0 Å². The van der Waals surface area contributed by atoms with Crippen LogP contribution in [0.25, 0.3) is 0 Å². The maximum absolute atomic E-state index is 11.8. The van der Waals surface area contributed by atoms with E-state index in [2.05, 4.69) is 10.6 Å². The molecule has 0 unspecified atom stereocenters. The summed E-state index contributed by atoms with van der Waals surface area (Å²) in [6.07, 6.45) is 0.833. The van der Waals surface area contributed by atoms with Crippen LogP contribution in [-0.4, -0.2) is 43.9 Å². The van der Waals surface area contributed by atoms with Gasteiger partial charge in [-0.05, 0) is 46.7 Å². The predicted molar refractivity (Wildman–Crippen MR) is 70.8 cm³/mol. The van der Waals surface area contributed by atoms with Gasteiger partial charge in [0.1, 0.15) is 5.60 Å². The maximum atomic E-state index is 11.8. The Morgan fingerprint density at radius 2 is 1.84 bits per heavy atom. The second kappa shape index (κ2) is 6.75. The summed E-state index contributed by atoms with van der Waals surface area (Å²) in [7, 11) is 1.37. The van der Waals surface area contributed by atoms with Gasteiger partial charge in [-0.2, -0.15) is 0 Å². The number of rotatable bonds is 2. The average molecular weight is 272 g/mol. The summed E-state index contributed by atoms with van der Waals surface area (Å²) >= 11 is 0. The van der Waals surface area contributed by atoms with Crippen molar-refractivity contribution in [3.05, 3.63) is 0 Å². The molecule has 6 nitrogen and oxygen atoms in total. The van der Waals surface area contributed by atoms with Gasteiger partial charge in [0.25, 0.3) is 0 Å². The number of carbonyl (C=O) groups is 2. The Bertz CT molecular complexity index is 325. The third-order valence-electron chi connectivity index (χ3n) is 2.96. The van der Waals surface area contributed by atoms with E-state index >= 15 is 0 Å². The Kier molecular flexibility index (Phi) is 5.60. The largest absolute Gasteiger partial charge is 0.469 e. The van der Waals surface area contributed by atoms with Crippen LogP contribution in [0.1, 0.15) is 33.6 Å². The summed E-state index contributed by atoms with van der Waals surface area (Å²) in [5.74, 6) is -0.614. The smallest absolute Gasteiger partial charge is 0.407 e. The number of methoxy groups -OCH3 is 1. The van der Waals surface area contributed by atoms with Crippen molar-refractivity contribution in [3.8, 4) is 0 Å². The third kappa shape index (κ3) is 5.46. The van der Waals surface area contributed by atoms with Crippen LogP contribution in [0.15, 0.2) is 0 Å². The van der Waals surface area contributed by atoms with Crippen molar-refractivity contribution >= 4 is 12.1 Å².